The molecule has 0 aromatic carbocycles. The third-order valence-corrected chi connectivity index (χ3v) is 3.97. The molecule has 0 bridgehead atoms. The maximum absolute atomic E-state index is 5.84. The second-order valence-corrected chi connectivity index (χ2v) is 6.08. The quantitative estimate of drug-likeness (QED) is 0.908. The number of anilines is 1. The zero-order valence-corrected chi connectivity index (χ0v) is 11.5. The van der Waals surface area contributed by atoms with Gasteiger partial charge >= 0.3 is 0 Å². The maximum atomic E-state index is 5.84. The average Bonchev–Trinajstić information content (AvgIpc) is 3.18. The Hall–Kier alpha value is -0.610. The van der Waals surface area contributed by atoms with Gasteiger partial charge in [-0.25, -0.2) is 4.98 Å². The molecule has 3 nitrogen and oxygen atoms in total. The van der Waals surface area contributed by atoms with Crippen LogP contribution in [0.1, 0.15) is 31.2 Å². The summed E-state index contributed by atoms with van der Waals surface area (Å²) in [5.41, 5.74) is 7.00. The molecule has 1 aromatic heterocycles. The highest BCUT2D eigenvalue weighted by atomic mass is 79.9. The first-order valence-electron chi connectivity index (χ1n) is 6.39. The number of nitrogens with two attached hydrogens (primary N) is 1. The van der Waals surface area contributed by atoms with Gasteiger partial charge in [0, 0.05) is 35.4 Å². The van der Waals surface area contributed by atoms with Gasteiger partial charge in [-0.3, -0.25) is 0 Å². The predicted molar refractivity (Wildman–Crippen MR) is 72.9 cm³/mol. The lowest BCUT2D eigenvalue weighted by Gasteiger charge is -2.25. The molecule has 1 aromatic rings. The number of pyridine rings is 1. The number of aromatic nitrogens is 1. The molecule has 1 heterocycles. The Labute approximate surface area is 111 Å². The highest BCUT2D eigenvalue weighted by Gasteiger charge is 2.35. The van der Waals surface area contributed by atoms with E-state index in [-0.39, 0.29) is 0 Å². The Morgan fingerprint density at radius 2 is 2.12 bits per heavy atom. The normalized spacial score (nSPS) is 19.4. The Kier molecular flexibility index (Phi) is 3.09. The van der Waals surface area contributed by atoms with Crippen LogP contribution in [-0.2, 0) is 6.54 Å². The molecule has 2 aliphatic rings. The van der Waals surface area contributed by atoms with Crippen LogP contribution >= 0.6 is 15.9 Å². The monoisotopic (exact) mass is 295 g/mol. The summed E-state index contributed by atoms with van der Waals surface area (Å²) in [6.45, 7) is 1.74. The van der Waals surface area contributed by atoms with Gasteiger partial charge in [0.25, 0.3) is 0 Å². The van der Waals surface area contributed by atoms with Crippen molar-refractivity contribution in [2.45, 2.75) is 38.3 Å². The molecular weight excluding hydrogens is 278 g/mol. The predicted octanol–water partition coefficient (Wildman–Crippen LogP) is 2.68. The highest BCUT2D eigenvalue weighted by Crippen LogP contribution is 2.38. The average molecular weight is 296 g/mol. The van der Waals surface area contributed by atoms with Gasteiger partial charge in [-0.1, -0.05) is 0 Å². The van der Waals surface area contributed by atoms with Crippen molar-refractivity contribution in [3.63, 3.8) is 0 Å². The first-order chi connectivity index (χ1) is 8.28. The second kappa shape index (κ2) is 4.58. The number of hydrogen-bond acceptors (Lipinski definition) is 3. The lowest BCUT2D eigenvalue weighted by Crippen LogP contribution is -2.30. The number of nitrogens with zero attached hydrogens (tertiary/aromatic N) is 2. The molecule has 0 unspecified atom stereocenters. The minimum Gasteiger partial charge on any atom is -0.353 e. The van der Waals surface area contributed by atoms with Gasteiger partial charge in [0.2, 0.25) is 0 Å². The fourth-order valence-corrected chi connectivity index (χ4v) is 2.63. The van der Waals surface area contributed by atoms with E-state index in [9.17, 15) is 0 Å². The van der Waals surface area contributed by atoms with Crippen molar-refractivity contribution in [1.29, 1.82) is 0 Å². The summed E-state index contributed by atoms with van der Waals surface area (Å²) in [5.74, 6) is 2.01. The zero-order chi connectivity index (χ0) is 11.8. The molecule has 0 saturated heterocycles. The van der Waals surface area contributed by atoms with E-state index in [0.717, 1.165) is 27.8 Å². The molecule has 3 rings (SSSR count). The van der Waals surface area contributed by atoms with Crippen molar-refractivity contribution in [2.75, 3.05) is 11.4 Å². The number of halogens is 1. The summed E-state index contributed by atoms with van der Waals surface area (Å²) in [5, 5.41) is 0. The smallest absolute Gasteiger partial charge is 0.133 e. The molecule has 0 atom stereocenters. The summed E-state index contributed by atoms with van der Waals surface area (Å²) in [7, 11) is 0. The fraction of sp³-hybridized carbons (Fsp3) is 0.615. The Bertz CT molecular complexity index is 413. The second-order valence-electron chi connectivity index (χ2n) is 5.17. The van der Waals surface area contributed by atoms with E-state index in [1.54, 1.807) is 0 Å². The minimum atomic E-state index is 0.565. The molecule has 0 amide bonds. The molecule has 4 heteroatoms. The van der Waals surface area contributed by atoms with Gasteiger partial charge in [-0.05, 0) is 53.6 Å². The molecule has 0 aliphatic heterocycles. The minimum absolute atomic E-state index is 0.565. The van der Waals surface area contributed by atoms with Crippen molar-refractivity contribution in [2.24, 2.45) is 11.7 Å². The molecule has 2 fully saturated rings. The molecule has 2 aliphatic carbocycles. The van der Waals surface area contributed by atoms with Crippen molar-refractivity contribution in [3.05, 3.63) is 22.3 Å². The Balaban J connectivity index is 1.87. The molecule has 2 saturated carbocycles. The molecular formula is C13H18BrN3. The molecule has 17 heavy (non-hydrogen) atoms. The maximum Gasteiger partial charge on any atom is 0.133 e. The van der Waals surface area contributed by atoms with Gasteiger partial charge in [0.05, 0.1) is 0 Å². The lowest BCUT2D eigenvalue weighted by atomic mass is 10.2. The summed E-state index contributed by atoms with van der Waals surface area (Å²) in [6, 6.07) is 2.82. The van der Waals surface area contributed by atoms with Gasteiger partial charge in [0.15, 0.2) is 0 Å². The lowest BCUT2D eigenvalue weighted by molar-refractivity contribution is 0.703. The van der Waals surface area contributed by atoms with Crippen molar-refractivity contribution < 1.29 is 0 Å². The Morgan fingerprint density at radius 1 is 1.35 bits per heavy atom. The zero-order valence-electron chi connectivity index (χ0n) is 9.90. The van der Waals surface area contributed by atoms with Crippen LogP contribution in [0.15, 0.2) is 16.7 Å². The van der Waals surface area contributed by atoms with E-state index in [0.29, 0.717) is 6.54 Å². The number of hydrogen-bond donors (Lipinski definition) is 1. The summed E-state index contributed by atoms with van der Waals surface area (Å²) < 4.78 is 1.02. The van der Waals surface area contributed by atoms with Crippen molar-refractivity contribution in [3.8, 4) is 0 Å². The highest BCUT2D eigenvalue weighted by molar-refractivity contribution is 9.10. The van der Waals surface area contributed by atoms with Crippen LogP contribution in [0.3, 0.4) is 0 Å². The topological polar surface area (TPSA) is 42.1 Å². The van der Waals surface area contributed by atoms with Crippen LogP contribution in [0.5, 0.6) is 0 Å². The van der Waals surface area contributed by atoms with Gasteiger partial charge < -0.3 is 10.6 Å². The molecule has 0 spiro atoms. The van der Waals surface area contributed by atoms with Crippen LogP contribution in [0.25, 0.3) is 0 Å². The van der Waals surface area contributed by atoms with Crippen molar-refractivity contribution in [1.82, 2.24) is 4.98 Å². The summed E-state index contributed by atoms with van der Waals surface area (Å²) in [6.07, 6.45) is 7.29. The SMILES string of the molecule is NCc1cc(Br)cnc1N(CC1CC1)C1CC1. The summed E-state index contributed by atoms with van der Waals surface area (Å²) in [4.78, 5) is 7.08. The third-order valence-electron chi connectivity index (χ3n) is 3.54. The van der Waals surface area contributed by atoms with E-state index in [2.05, 4.69) is 31.9 Å². The number of rotatable bonds is 5. The first kappa shape index (κ1) is 11.5. The van der Waals surface area contributed by atoms with Crippen LogP contribution in [0.2, 0.25) is 0 Å². The van der Waals surface area contributed by atoms with Gasteiger partial charge in [-0.2, -0.15) is 0 Å². The van der Waals surface area contributed by atoms with Gasteiger partial charge in [0.1, 0.15) is 5.82 Å². The Morgan fingerprint density at radius 3 is 2.71 bits per heavy atom. The van der Waals surface area contributed by atoms with Crippen molar-refractivity contribution >= 4 is 21.7 Å². The van der Waals surface area contributed by atoms with Crippen LogP contribution in [-0.4, -0.2) is 17.6 Å². The molecule has 92 valence electrons. The molecule has 0 radical (unpaired) electrons. The van der Waals surface area contributed by atoms with E-state index < -0.39 is 0 Å². The van der Waals surface area contributed by atoms with E-state index in [4.69, 9.17) is 5.73 Å². The van der Waals surface area contributed by atoms with E-state index >= 15 is 0 Å². The largest absolute Gasteiger partial charge is 0.353 e. The summed E-state index contributed by atoms with van der Waals surface area (Å²) >= 11 is 3.47. The standard InChI is InChI=1S/C13H18BrN3/c14-11-5-10(6-15)13(16-7-11)17(12-3-4-12)8-9-1-2-9/h5,7,9,12H,1-4,6,8,15H2. The van der Waals surface area contributed by atoms with Crippen LogP contribution in [0.4, 0.5) is 5.82 Å². The van der Waals surface area contributed by atoms with Crippen LogP contribution < -0.4 is 10.6 Å². The molecule has 2 N–H and O–H groups in total. The van der Waals surface area contributed by atoms with Gasteiger partial charge in [-0.15, -0.1) is 0 Å². The van der Waals surface area contributed by atoms with E-state index in [1.807, 2.05) is 6.20 Å². The third kappa shape index (κ3) is 2.63. The first-order valence-corrected chi connectivity index (χ1v) is 7.18. The fourth-order valence-electron chi connectivity index (χ4n) is 2.26. The van der Waals surface area contributed by atoms with Crippen LogP contribution in [0, 0.1) is 5.92 Å². The van der Waals surface area contributed by atoms with E-state index in [1.165, 1.54) is 32.2 Å².